The molecule has 0 N–H and O–H groups in total. The van der Waals surface area contributed by atoms with Crippen LogP contribution in [0.1, 0.15) is 5.56 Å². The quantitative estimate of drug-likeness (QED) is 0.716. The molecule has 0 atom stereocenters. The molecule has 0 aromatic heterocycles. The van der Waals surface area contributed by atoms with E-state index in [2.05, 4.69) is 31.2 Å². The summed E-state index contributed by atoms with van der Waals surface area (Å²) >= 11 is 0. The van der Waals surface area contributed by atoms with Gasteiger partial charge in [-0.1, -0.05) is 24.3 Å². The van der Waals surface area contributed by atoms with Gasteiger partial charge in [-0.05, 0) is 47.9 Å². The smallest absolute Gasteiger partial charge is 0.118 e. The summed E-state index contributed by atoms with van der Waals surface area (Å²) in [6, 6.07) is 17.2. The summed E-state index contributed by atoms with van der Waals surface area (Å²) in [6.45, 7) is 2.10. The summed E-state index contributed by atoms with van der Waals surface area (Å²) in [5.41, 5.74) is 3.68. The van der Waals surface area contributed by atoms with Gasteiger partial charge in [0.2, 0.25) is 0 Å². The molecule has 1 radical (unpaired) electrons. The summed E-state index contributed by atoms with van der Waals surface area (Å²) in [6.07, 6.45) is 0. The predicted molar refractivity (Wildman–Crippen MR) is 62.0 cm³/mol. The Balaban J connectivity index is 2.42. The van der Waals surface area contributed by atoms with Crippen molar-refractivity contribution in [1.29, 1.82) is 0 Å². The molecular formula is C14H13O. The van der Waals surface area contributed by atoms with Crippen molar-refractivity contribution in [1.82, 2.24) is 0 Å². The van der Waals surface area contributed by atoms with Crippen LogP contribution in [0, 0.1) is 13.0 Å². The lowest BCUT2D eigenvalue weighted by molar-refractivity contribution is 0.415. The van der Waals surface area contributed by atoms with E-state index in [1.165, 1.54) is 16.7 Å². The highest BCUT2D eigenvalue weighted by atomic mass is 16.5. The molecule has 0 spiro atoms. The molecule has 1 nitrogen and oxygen atoms in total. The number of hydrogen-bond donors (Lipinski definition) is 0. The van der Waals surface area contributed by atoms with Gasteiger partial charge in [0.05, 0.1) is 7.11 Å². The van der Waals surface area contributed by atoms with E-state index in [1.807, 2.05) is 24.3 Å². The van der Waals surface area contributed by atoms with Crippen LogP contribution in [0.5, 0.6) is 5.75 Å². The number of aryl methyl sites for hydroxylation is 1. The fourth-order valence-corrected chi connectivity index (χ4v) is 1.59. The highest BCUT2D eigenvalue weighted by Gasteiger charge is 2.00. The average Bonchev–Trinajstić information content (AvgIpc) is 2.30. The third-order valence-corrected chi connectivity index (χ3v) is 2.48. The van der Waals surface area contributed by atoms with Gasteiger partial charge in [-0.25, -0.2) is 0 Å². The van der Waals surface area contributed by atoms with E-state index < -0.39 is 0 Å². The summed E-state index contributed by atoms with van der Waals surface area (Å²) in [5, 5.41) is 0. The van der Waals surface area contributed by atoms with Crippen molar-refractivity contribution in [3.8, 4) is 16.9 Å². The van der Waals surface area contributed by atoms with Crippen LogP contribution in [-0.2, 0) is 0 Å². The molecule has 2 aromatic carbocycles. The standard InChI is InChI=1S/C14H13O/c1-11-5-3-4-6-14(11)12-7-9-13(15-2)10-8-12/h3,5-10H,1-2H3. The molecule has 0 fully saturated rings. The normalized spacial score (nSPS) is 10.0. The Morgan fingerprint density at radius 2 is 1.80 bits per heavy atom. The molecule has 0 aliphatic rings. The maximum atomic E-state index is 5.13. The van der Waals surface area contributed by atoms with Crippen LogP contribution in [-0.4, -0.2) is 7.11 Å². The van der Waals surface area contributed by atoms with Crippen molar-refractivity contribution in [2.75, 3.05) is 7.11 Å². The Hall–Kier alpha value is -1.76. The molecule has 0 aliphatic carbocycles. The monoisotopic (exact) mass is 197 g/mol. The molecule has 15 heavy (non-hydrogen) atoms. The van der Waals surface area contributed by atoms with Crippen LogP contribution in [0.15, 0.2) is 42.5 Å². The molecular weight excluding hydrogens is 184 g/mol. The van der Waals surface area contributed by atoms with E-state index in [0.717, 1.165) is 5.75 Å². The lowest BCUT2D eigenvalue weighted by atomic mass is 10.0. The fraction of sp³-hybridized carbons (Fsp3) is 0.143. The summed E-state index contributed by atoms with van der Waals surface area (Å²) in [4.78, 5) is 0. The van der Waals surface area contributed by atoms with Crippen molar-refractivity contribution in [3.05, 3.63) is 54.1 Å². The zero-order valence-corrected chi connectivity index (χ0v) is 8.95. The Bertz CT molecular complexity index is 443. The average molecular weight is 197 g/mol. The van der Waals surface area contributed by atoms with Crippen LogP contribution in [0.3, 0.4) is 0 Å². The number of benzene rings is 2. The fourth-order valence-electron chi connectivity index (χ4n) is 1.59. The van der Waals surface area contributed by atoms with Gasteiger partial charge in [0, 0.05) is 0 Å². The molecule has 75 valence electrons. The van der Waals surface area contributed by atoms with Gasteiger partial charge in [-0.15, -0.1) is 0 Å². The molecule has 2 rings (SSSR count). The minimum absolute atomic E-state index is 0.885. The SMILES string of the molecule is COc1ccc(-c2c[c]ccc2C)cc1. The molecule has 0 bridgehead atoms. The number of rotatable bonds is 2. The van der Waals surface area contributed by atoms with E-state index in [0.29, 0.717) is 0 Å². The van der Waals surface area contributed by atoms with E-state index in [9.17, 15) is 0 Å². The van der Waals surface area contributed by atoms with Crippen molar-refractivity contribution >= 4 is 0 Å². The molecule has 0 amide bonds. The van der Waals surface area contributed by atoms with Gasteiger partial charge in [0.15, 0.2) is 0 Å². The third kappa shape index (κ3) is 2.01. The number of ether oxygens (including phenoxy) is 1. The van der Waals surface area contributed by atoms with Gasteiger partial charge >= 0.3 is 0 Å². The Morgan fingerprint density at radius 1 is 1.07 bits per heavy atom. The number of hydrogen-bond acceptors (Lipinski definition) is 1. The largest absolute Gasteiger partial charge is 0.497 e. The van der Waals surface area contributed by atoms with E-state index in [-0.39, 0.29) is 0 Å². The first-order valence-corrected chi connectivity index (χ1v) is 4.92. The van der Waals surface area contributed by atoms with E-state index >= 15 is 0 Å². The van der Waals surface area contributed by atoms with Crippen molar-refractivity contribution in [2.24, 2.45) is 0 Å². The minimum atomic E-state index is 0.885. The van der Waals surface area contributed by atoms with E-state index in [1.54, 1.807) is 7.11 Å². The molecule has 0 saturated heterocycles. The first-order valence-electron chi connectivity index (χ1n) is 4.92. The highest BCUT2D eigenvalue weighted by molar-refractivity contribution is 5.67. The minimum Gasteiger partial charge on any atom is -0.497 e. The van der Waals surface area contributed by atoms with Crippen LogP contribution in [0.2, 0.25) is 0 Å². The summed E-state index contributed by atoms with van der Waals surface area (Å²) < 4.78 is 5.13. The van der Waals surface area contributed by atoms with Crippen LogP contribution >= 0.6 is 0 Å². The molecule has 0 aliphatic heterocycles. The molecule has 0 saturated carbocycles. The lowest BCUT2D eigenvalue weighted by Crippen LogP contribution is -1.84. The summed E-state index contributed by atoms with van der Waals surface area (Å²) in [7, 11) is 1.68. The Kier molecular flexibility index (Phi) is 2.72. The Labute approximate surface area is 90.3 Å². The van der Waals surface area contributed by atoms with Crippen molar-refractivity contribution in [2.45, 2.75) is 6.92 Å². The first kappa shape index (κ1) is 9.78. The first-order chi connectivity index (χ1) is 7.31. The summed E-state index contributed by atoms with van der Waals surface area (Å²) in [5.74, 6) is 0.885. The topological polar surface area (TPSA) is 9.23 Å². The van der Waals surface area contributed by atoms with Gasteiger partial charge in [0.25, 0.3) is 0 Å². The lowest BCUT2D eigenvalue weighted by Gasteiger charge is -2.06. The number of methoxy groups -OCH3 is 1. The molecule has 2 aromatic rings. The van der Waals surface area contributed by atoms with Crippen molar-refractivity contribution in [3.63, 3.8) is 0 Å². The third-order valence-electron chi connectivity index (χ3n) is 2.48. The molecule has 0 heterocycles. The maximum absolute atomic E-state index is 5.13. The van der Waals surface area contributed by atoms with Crippen LogP contribution in [0.4, 0.5) is 0 Å². The van der Waals surface area contributed by atoms with E-state index in [4.69, 9.17) is 4.74 Å². The highest BCUT2D eigenvalue weighted by Crippen LogP contribution is 2.24. The second-order valence-corrected chi connectivity index (χ2v) is 3.47. The molecule has 1 heteroatoms. The van der Waals surface area contributed by atoms with Crippen molar-refractivity contribution < 1.29 is 4.74 Å². The van der Waals surface area contributed by atoms with Crippen LogP contribution < -0.4 is 4.74 Å². The second-order valence-electron chi connectivity index (χ2n) is 3.47. The zero-order chi connectivity index (χ0) is 10.7. The van der Waals surface area contributed by atoms with Gasteiger partial charge in [-0.2, -0.15) is 0 Å². The maximum Gasteiger partial charge on any atom is 0.118 e. The van der Waals surface area contributed by atoms with Gasteiger partial charge in [-0.3, -0.25) is 0 Å². The second kappa shape index (κ2) is 4.18. The predicted octanol–water partition coefficient (Wildman–Crippen LogP) is 3.47. The Morgan fingerprint density at radius 3 is 2.40 bits per heavy atom. The van der Waals surface area contributed by atoms with Gasteiger partial charge in [0.1, 0.15) is 5.75 Å². The van der Waals surface area contributed by atoms with Gasteiger partial charge < -0.3 is 4.74 Å². The molecule has 0 unspecified atom stereocenters. The van der Waals surface area contributed by atoms with Crippen LogP contribution in [0.25, 0.3) is 11.1 Å². The zero-order valence-electron chi connectivity index (χ0n) is 8.95.